The minimum atomic E-state index is 0.0589. The van der Waals surface area contributed by atoms with Crippen molar-refractivity contribution in [3.8, 4) is 5.75 Å². The van der Waals surface area contributed by atoms with Crippen LogP contribution in [0.3, 0.4) is 0 Å². The molecule has 1 saturated carbocycles. The Labute approximate surface area is 133 Å². The number of fused-ring (bicyclic) bond motifs is 3. The number of aliphatic hydroxyl groups is 1. The van der Waals surface area contributed by atoms with E-state index in [0.717, 1.165) is 36.8 Å². The van der Waals surface area contributed by atoms with Crippen molar-refractivity contribution in [2.24, 2.45) is 11.8 Å². The molecule has 120 valence electrons. The molecule has 1 aromatic carbocycles. The zero-order chi connectivity index (χ0) is 16.1. The maximum Gasteiger partial charge on any atom is 0.122 e. The summed E-state index contributed by atoms with van der Waals surface area (Å²) in [5.41, 5.74) is 4.80. The second kappa shape index (κ2) is 5.42. The molecule has 2 aliphatic rings. The molecule has 1 aromatic rings. The SMILES string of the molecule is C=C1[C@H](CO)CC[C@]2(C)c3ccc(C(C)C)c(O)c3CC[C@@H]12. The highest BCUT2D eigenvalue weighted by Crippen LogP contribution is 2.55. The number of aliphatic hydroxyl groups excluding tert-OH is 1. The molecule has 3 rings (SSSR count). The van der Waals surface area contributed by atoms with Gasteiger partial charge in [0.15, 0.2) is 0 Å². The molecule has 0 heterocycles. The highest BCUT2D eigenvalue weighted by Gasteiger charge is 2.46. The van der Waals surface area contributed by atoms with E-state index in [1.807, 2.05) is 0 Å². The van der Waals surface area contributed by atoms with Crippen LogP contribution in [0.25, 0.3) is 0 Å². The van der Waals surface area contributed by atoms with E-state index in [2.05, 4.69) is 39.5 Å². The molecular weight excluding hydrogens is 272 g/mol. The molecule has 0 bridgehead atoms. The lowest BCUT2D eigenvalue weighted by Gasteiger charge is -2.50. The molecule has 0 amide bonds. The molecule has 0 aromatic heterocycles. The summed E-state index contributed by atoms with van der Waals surface area (Å²) in [5.74, 6) is 1.54. The second-order valence-corrected chi connectivity index (χ2v) is 7.69. The molecule has 2 aliphatic carbocycles. The van der Waals surface area contributed by atoms with Crippen LogP contribution in [0.15, 0.2) is 24.3 Å². The van der Waals surface area contributed by atoms with Crippen LogP contribution >= 0.6 is 0 Å². The average Bonchev–Trinajstić information content (AvgIpc) is 2.48. The third-order valence-electron chi connectivity index (χ3n) is 6.21. The highest BCUT2D eigenvalue weighted by molar-refractivity contribution is 5.52. The van der Waals surface area contributed by atoms with Crippen LogP contribution < -0.4 is 0 Å². The van der Waals surface area contributed by atoms with Gasteiger partial charge in [0.25, 0.3) is 0 Å². The smallest absolute Gasteiger partial charge is 0.122 e. The van der Waals surface area contributed by atoms with Crippen LogP contribution in [-0.4, -0.2) is 16.8 Å². The Bertz CT molecular complexity index is 602. The van der Waals surface area contributed by atoms with Gasteiger partial charge in [-0.3, -0.25) is 0 Å². The van der Waals surface area contributed by atoms with Crippen molar-refractivity contribution in [3.63, 3.8) is 0 Å². The fourth-order valence-corrected chi connectivity index (χ4v) is 4.76. The van der Waals surface area contributed by atoms with Gasteiger partial charge in [-0.05, 0) is 59.6 Å². The first-order valence-electron chi connectivity index (χ1n) is 8.55. The van der Waals surface area contributed by atoms with Gasteiger partial charge < -0.3 is 10.2 Å². The third kappa shape index (κ3) is 2.11. The summed E-state index contributed by atoms with van der Waals surface area (Å²) in [6, 6.07) is 4.34. The second-order valence-electron chi connectivity index (χ2n) is 7.69. The van der Waals surface area contributed by atoms with Crippen molar-refractivity contribution in [3.05, 3.63) is 41.0 Å². The zero-order valence-corrected chi connectivity index (χ0v) is 14.0. The minimum Gasteiger partial charge on any atom is -0.507 e. The topological polar surface area (TPSA) is 40.5 Å². The van der Waals surface area contributed by atoms with Crippen molar-refractivity contribution in [1.82, 2.24) is 0 Å². The van der Waals surface area contributed by atoms with Gasteiger partial charge in [-0.1, -0.05) is 45.1 Å². The van der Waals surface area contributed by atoms with E-state index in [0.29, 0.717) is 17.6 Å². The maximum absolute atomic E-state index is 10.7. The molecule has 0 saturated heterocycles. The Hall–Kier alpha value is -1.28. The number of hydrogen-bond acceptors (Lipinski definition) is 2. The molecule has 3 atom stereocenters. The predicted octanol–water partition coefficient (Wildman–Crippen LogP) is 4.29. The van der Waals surface area contributed by atoms with Crippen molar-refractivity contribution in [2.75, 3.05) is 6.61 Å². The summed E-state index contributed by atoms with van der Waals surface area (Å²) >= 11 is 0. The van der Waals surface area contributed by atoms with Crippen molar-refractivity contribution < 1.29 is 10.2 Å². The molecule has 2 heteroatoms. The minimum absolute atomic E-state index is 0.0589. The Morgan fingerprint density at radius 3 is 2.68 bits per heavy atom. The summed E-state index contributed by atoms with van der Waals surface area (Å²) in [5, 5.41) is 20.3. The molecule has 0 spiro atoms. The van der Waals surface area contributed by atoms with Gasteiger partial charge in [0.2, 0.25) is 0 Å². The first-order chi connectivity index (χ1) is 10.4. The van der Waals surface area contributed by atoms with Crippen LogP contribution in [-0.2, 0) is 11.8 Å². The number of aromatic hydroxyl groups is 1. The van der Waals surface area contributed by atoms with Gasteiger partial charge in [-0.2, -0.15) is 0 Å². The van der Waals surface area contributed by atoms with E-state index in [4.69, 9.17) is 0 Å². The van der Waals surface area contributed by atoms with E-state index in [1.54, 1.807) is 0 Å². The third-order valence-corrected chi connectivity index (χ3v) is 6.21. The fraction of sp³-hybridized carbons (Fsp3) is 0.600. The number of hydrogen-bond donors (Lipinski definition) is 2. The summed E-state index contributed by atoms with van der Waals surface area (Å²) < 4.78 is 0. The van der Waals surface area contributed by atoms with Crippen molar-refractivity contribution in [2.45, 2.75) is 57.8 Å². The molecule has 2 nitrogen and oxygen atoms in total. The Morgan fingerprint density at radius 1 is 1.32 bits per heavy atom. The lowest BCUT2D eigenvalue weighted by Crippen LogP contribution is -2.43. The van der Waals surface area contributed by atoms with Gasteiger partial charge >= 0.3 is 0 Å². The maximum atomic E-state index is 10.7. The van der Waals surface area contributed by atoms with Crippen molar-refractivity contribution >= 4 is 0 Å². The number of phenolic OH excluding ortho intramolecular Hbond substituents is 1. The van der Waals surface area contributed by atoms with Gasteiger partial charge in [0.05, 0.1) is 0 Å². The van der Waals surface area contributed by atoms with Gasteiger partial charge in [-0.15, -0.1) is 0 Å². The van der Waals surface area contributed by atoms with Gasteiger partial charge in [-0.25, -0.2) is 0 Å². The highest BCUT2D eigenvalue weighted by atomic mass is 16.3. The zero-order valence-electron chi connectivity index (χ0n) is 14.0. The summed E-state index contributed by atoms with van der Waals surface area (Å²) in [4.78, 5) is 0. The van der Waals surface area contributed by atoms with E-state index in [-0.39, 0.29) is 17.9 Å². The fourth-order valence-electron chi connectivity index (χ4n) is 4.76. The lowest BCUT2D eigenvalue weighted by atomic mass is 9.54. The Balaban J connectivity index is 2.07. The van der Waals surface area contributed by atoms with Crippen LogP contribution in [0, 0.1) is 11.8 Å². The standard InChI is InChI=1S/C20H28O2/c1-12(2)15-5-8-18-16(19(15)22)6-7-17-13(3)14(11-21)9-10-20(17,18)4/h5,8,12,14,17,21-22H,3,6-7,9-11H2,1-2,4H3/t14-,17-,20-/m0/s1. The van der Waals surface area contributed by atoms with Crippen molar-refractivity contribution in [1.29, 1.82) is 0 Å². The van der Waals surface area contributed by atoms with E-state index in [9.17, 15) is 10.2 Å². The number of phenols is 1. The monoisotopic (exact) mass is 300 g/mol. The molecule has 0 unspecified atom stereocenters. The Morgan fingerprint density at radius 2 is 2.05 bits per heavy atom. The number of benzene rings is 1. The van der Waals surface area contributed by atoms with Crippen LogP contribution in [0.1, 0.15) is 62.6 Å². The molecule has 22 heavy (non-hydrogen) atoms. The van der Waals surface area contributed by atoms with Crippen LogP contribution in [0.2, 0.25) is 0 Å². The average molecular weight is 300 g/mol. The normalized spacial score (nSPS) is 31.0. The molecule has 0 radical (unpaired) electrons. The molecule has 1 fully saturated rings. The van der Waals surface area contributed by atoms with Crippen LogP contribution in [0.5, 0.6) is 5.75 Å². The van der Waals surface area contributed by atoms with E-state index in [1.165, 1.54) is 11.1 Å². The molecule has 2 N–H and O–H groups in total. The number of rotatable bonds is 2. The largest absolute Gasteiger partial charge is 0.507 e. The summed E-state index contributed by atoms with van der Waals surface area (Å²) in [7, 11) is 0. The molecule has 0 aliphatic heterocycles. The Kier molecular flexibility index (Phi) is 3.84. The first kappa shape index (κ1) is 15.6. The first-order valence-corrected chi connectivity index (χ1v) is 8.55. The lowest BCUT2D eigenvalue weighted by molar-refractivity contribution is 0.151. The predicted molar refractivity (Wildman–Crippen MR) is 90.3 cm³/mol. The van der Waals surface area contributed by atoms with Gasteiger partial charge in [0, 0.05) is 12.5 Å². The summed E-state index contributed by atoms with van der Waals surface area (Å²) in [6.07, 6.45) is 4.01. The van der Waals surface area contributed by atoms with E-state index < -0.39 is 0 Å². The van der Waals surface area contributed by atoms with Gasteiger partial charge in [0.1, 0.15) is 5.75 Å². The van der Waals surface area contributed by atoms with Crippen LogP contribution in [0.4, 0.5) is 0 Å². The molecular formula is C20H28O2. The van der Waals surface area contributed by atoms with E-state index >= 15 is 0 Å². The summed E-state index contributed by atoms with van der Waals surface area (Å²) in [6.45, 7) is 11.1. The quantitative estimate of drug-likeness (QED) is 0.800.